The predicted octanol–water partition coefficient (Wildman–Crippen LogP) is 2.12. The van der Waals surface area contributed by atoms with Gasteiger partial charge >= 0.3 is 6.09 Å². The van der Waals surface area contributed by atoms with Gasteiger partial charge in [0.25, 0.3) is 0 Å². The first-order chi connectivity index (χ1) is 14.1. The van der Waals surface area contributed by atoms with Crippen LogP contribution in [0.4, 0.5) is 4.79 Å². The Kier molecular flexibility index (Phi) is 4.44. The summed E-state index contributed by atoms with van der Waals surface area (Å²) >= 11 is 0. The summed E-state index contributed by atoms with van der Waals surface area (Å²) in [4.78, 5) is 18.9. The number of amides is 1. The molecule has 2 fully saturated rings. The molecule has 1 amide bonds. The summed E-state index contributed by atoms with van der Waals surface area (Å²) in [7, 11) is 0. The minimum Gasteiger partial charge on any atom is -0.445 e. The summed E-state index contributed by atoms with van der Waals surface area (Å²) in [6, 6.07) is 12.7. The number of hydrogen-bond acceptors (Lipinski definition) is 6. The fraction of sp³-hybridized carbons (Fsp3) is 0.381. The molecule has 5 rings (SSSR count). The summed E-state index contributed by atoms with van der Waals surface area (Å²) in [6.45, 7) is 0.949. The van der Waals surface area contributed by atoms with E-state index in [1.165, 1.54) is 0 Å². The number of nitrogens with zero attached hydrogens (tertiary/aromatic N) is 4. The maximum Gasteiger partial charge on any atom is 0.410 e. The number of aromatic nitrogens is 3. The first-order valence-electron chi connectivity index (χ1n) is 9.72. The SMILES string of the molecule is O=C(OCc1ccccc1)N1C2COCC1CC(O)(c1cnc3cccnn13)C2. The van der Waals surface area contributed by atoms with Crippen molar-refractivity contribution >= 4 is 11.7 Å². The van der Waals surface area contributed by atoms with E-state index in [0.717, 1.165) is 5.56 Å². The molecule has 2 atom stereocenters. The molecule has 0 spiro atoms. The Labute approximate surface area is 167 Å². The molecule has 1 aromatic carbocycles. The topological polar surface area (TPSA) is 89.2 Å². The van der Waals surface area contributed by atoms with E-state index in [4.69, 9.17) is 9.47 Å². The molecular weight excluding hydrogens is 372 g/mol. The number of benzene rings is 1. The van der Waals surface area contributed by atoms with Crippen LogP contribution >= 0.6 is 0 Å². The molecule has 2 aromatic heterocycles. The van der Waals surface area contributed by atoms with Crippen molar-refractivity contribution in [3.05, 3.63) is 66.1 Å². The van der Waals surface area contributed by atoms with Crippen LogP contribution in [-0.4, -0.2) is 56.0 Å². The Hall–Kier alpha value is -2.97. The number of ether oxygens (including phenoxy) is 2. The van der Waals surface area contributed by atoms with Crippen molar-refractivity contribution in [3.63, 3.8) is 0 Å². The fourth-order valence-corrected chi connectivity index (χ4v) is 4.42. The predicted molar refractivity (Wildman–Crippen MR) is 103 cm³/mol. The van der Waals surface area contributed by atoms with Crippen LogP contribution in [0.5, 0.6) is 0 Å². The van der Waals surface area contributed by atoms with Crippen molar-refractivity contribution in [2.45, 2.75) is 37.1 Å². The standard InChI is InChI=1S/C21H22N4O4/c26-20(29-12-15-5-2-1-3-6-15)24-16-9-21(27,10-17(24)14-28-13-16)18-11-22-19-7-4-8-23-25(18)19/h1-8,11,16-17,27H,9-10,12-14H2. The second-order valence-electron chi connectivity index (χ2n) is 7.67. The lowest BCUT2D eigenvalue weighted by atomic mass is 9.79. The van der Waals surface area contributed by atoms with Crippen LogP contribution in [0.3, 0.4) is 0 Å². The average Bonchev–Trinajstić information content (AvgIpc) is 3.17. The van der Waals surface area contributed by atoms with Crippen LogP contribution in [0.25, 0.3) is 5.65 Å². The van der Waals surface area contributed by atoms with Crippen LogP contribution in [0.1, 0.15) is 24.1 Å². The highest BCUT2D eigenvalue weighted by Gasteiger charge is 2.50. The molecule has 4 heterocycles. The molecule has 2 bridgehead atoms. The van der Waals surface area contributed by atoms with E-state index in [1.54, 1.807) is 21.8 Å². The molecular formula is C21H22N4O4. The number of piperidine rings is 1. The van der Waals surface area contributed by atoms with E-state index < -0.39 is 5.60 Å². The van der Waals surface area contributed by atoms with Gasteiger partial charge in [-0.3, -0.25) is 4.90 Å². The second-order valence-corrected chi connectivity index (χ2v) is 7.67. The molecule has 0 radical (unpaired) electrons. The average molecular weight is 394 g/mol. The van der Waals surface area contributed by atoms with Crippen LogP contribution in [0.15, 0.2) is 54.9 Å². The minimum absolute atomic E-state index is 0.220. The molecule has 2 aliphatic heterocycles. The number of carbonyl (C=O) groups excluding carboxylic acids is 1. The third-order valence-corrected chi connectivity index (χ3v) is 5.72. The van der Waals surface area contributed by atoms with Gasteiger partial charge in [0.2, 0.25) is 0 Å². The van der Waals surface area contributed by atoms with Gasteiger partial charge in [0.05, 0.1) is 37.2 Å². The second kappa shape index (κ2) is 7.13. The van der Waals surface area contributed by atoms with Gasteiger partial charge in [-0.05, 0) is 17.7 Å². The van der Waals surface area contributed by atoms with E-state index >= 15 is 0 Å². The summed E-state index contributed by atoms with van der Waals surface area (Å²) in [6.07, 6.45) is 3.65. The molecule has 0 saturated carbocycles. The zero-order valence-electron chi connectivity index (χ0n) is 15.8. The number of morpholine rings is 1. The zero-order chi connectivity index (χ0) is 19.8. The van der Waals surface area contributed by atoms with Crippen molar-refractivity contribution in [2.24, 2.45) is 0 Å². The van der Waals surface area contributed by atoms with E-state index in [2.05, 4.69) is 10.1 Å². The molecule has 3 aromatic rings. The highest BCUT2D eigenvalue weighted by Crippen LogP contribution is 2.41. The van der Waals surface area contributed by atoms with Gasteiger partial charge in [-0.15, -0.1) is 0 Å². The minimum atomic E-state index is -1.14. The van der Waals surface area contributed by atoms with Crippen LogP contribution in [0, 0.1) is 0 Å². The number of carbonyl (C=O) groups is 1. The highest BCUT2D eigenvalue weighted by molar-refractivity contribution is 5.69. The van der Waals surface area contributed by atoms with Crippen molar-refractivity contribution in [3.8, 4) is 0 Å². The van der Waals surface area contributed by atoms with E-state index in [9.17, 15) is 9.90 Å². The van der Waals surface area contributed by atoms with Gasteiger partial charge in [0.15, 0.2) is 5.65 Å². The number of imidazole rings is 1. The lowest BCUT2D eigenvalue weighted by Gasteiger charge is -2.50. The lowest BCUT2D eigenvalue weighted by Crippen LogP contribution is -2.62. The normalized spacial score (nSPS) is 26.4. The van der Waals surface area contributed by atoms with E-state index in [0.29, 0.717) is 37.4 Å². The number of aliphatic hydroxyl groups is 1. The molecule has 150 valence electrons. The smallest absolute Gasteiger partial charge is 0.410 e. The van der Waals surface area contributed by atoms with Crippen molar-refractivity contribution < 1.29 is 19.4 Å². The molecule has 29 heavy (non-hydrogen) atoms. The third kappa shape index (κ3) is 3.24. The van der Waals surface area contributed by atoms with Crippen molar-refractivity contribution in [1.82, 2.24) is 19.5 Å². The van der Waals surface area contributed by atoms with Crippen LogP contribution in [0.2, 0.25) is 0 Å². The molecule has 2 unspecified atom stereocenters. The molecule has 2 aliphatic rings. The van der Waals surface area contributed by atoms with Gasteiger partial charge in [0, 0.05) is 19.0 Å². The number of hydrogen-bond donors (Lipinski definition) is 1. The summed E-state index contributed by atoms with van der Waals surface area (Å²) in [5.41, 5.74) is 1.13. The van der Waals surface area contributed by atoms with E-state index in [-0.39, 0.29) is 24.8 Å². The van der Waals surface area contributed by atoms with Gasteiger partial charge in [-0.2, -0.15) is 5.10 Å². The zero-order valence-corrected chi connectivity index (χ0v) is 15.8. The van der Waals surface area contributed by atoms with Gasteiger partial charge in [0.1, 0.15) is 12.2 Å². The molecule has 8 heteroatoms. The van der Waals surface area contributed by atoms with Crippen LogP contribution in [-0.2, 0) is 21.7 Å². The molecule has 2 saturated heterocycles. The van der Waals surface area contributed by atoms with Crippen LogP contribution < -0.4 is 0 Å². The Morgan fingerprint density at radius 3 is 2.69 bits per heavy atom. The monoisotopic (exact) mass is 394 g/mol. The highest BCUT2D eigenvalue weighted by atomic mass is 16.6. The lowest BCUT2D eigenvalue weighted by molar-refractivity contribution is -0.138. The van der Waals surface area contributed by atoms with Crippen molar-refractivity contribution in [1.29, 1.82) is 0 Å². The van der Waals surface area contributed by atoms with Gasteiger partial charge in [-0.1, -0.05) is 30.3 Å². The summed E-state index contributed by atoms with van der Waals surface area (Å²) < 4.78 is 12.9. The summed E-state index contributed by atoms with van der Waals surface area (Å²) in [5.74, 6) is 0. The van der Waals surface area contributed by atoms with E-state index in [1.807, 2.05) is 42.5 Å². The Balaban J connectivity index is 1.36. The Morgan fingerprint density at radius 1 is 1.17 bits per heavy atom. The molecule has 0 aliphatic carbocycles. The number of fused-ring (bicyclic) bond motifs is 3. The quantitative estimate of drug-likeness (QED) is 0.732. The largest absolute Gasteiger partial charge is 0.445 e. The maximum atomic E-state index is 12.8. The van der Waals surface area contributed by atoms with Crippen molar-refractivity contribution in [2.75, 3.05) is 13.2 Å². The maximum absolute atomic E-state index is 12.8. The Bertz CT molecular complexity index is 1010. The first-order valence-corrected chi connectivity index (χ1v) is 9.72. The fourth-order valence-electron chi connectivity index (χ4n) is 4.42. The van der Waals surface area contributed by atoms with Gasteiger partial charge < -0.3 is 14.6 Å². The molecule has 1 N–H and O–H groups in total. The first kappa shape index (κ1) is 18.1. The number of rotatable bonds is 3. The van der Waals surface area contributed by atoms with Gasteiger partial charge in [-0.25, -0.2) is 14.3 Å². The third-order valence-electron chi connectivity index (χ3n) is 5.72. The Morgan fingerprint density at radius 2 is 1.93 bits per heavy atom. The molecule has 8 nitrogen and oxygen atoms in total. The summed E-state index contributed by atoms with van der Waals surface area (Å²) in [5, 5.41) is 15.8.